The standard InChI is InChI=1S/C37H33N9O2/c47-37(48-23-36-43-29-15-6-8-17-31(29)46(36)21-34-40-26-12-3-4-13-27(26)41-34)32-18-9-19-44(32)22-35-42-28-14-5-7-16-30(28)45(35)20-33-38-24-10-1-2-11-25(24)39-33/h1-8,10-17,32H,9,18-23H2,(H,38,39)(H,40,41). The number of imidazole rings is 4. The fourth-order valence-electron chi connectivity index (χ4n) is 6.99. The SMILES string of the molecule is O=C(OCc1nc2ccccc2n1Cc1nc2ccccc2[nH]1)C1CCCN1Cc1nc2ccccc2n1Cc1nc2ccccc2[nH]1. The van der Waals surface area contributed by atoms with Crippen molar-refractivity contribution in [1.82, 2.24) is 43.9 Å². The van der Waals surface area contributed by atoms with Crippen LogP contribution >= 0.6 is 0 Å². The molecule has 11 heteroatoms. The van der Waals surface area contributed by atoms with E-state index in [1.54, 1.807) is 0 Å². The lowest BCUT2D eigenvalue weighted by atomic mass is 10.2. The van der Waals surface area contributed by atoms with Crippen molar-refractivity contribution in [3.05, 3.63) is 120 Å². The average molecular weight is 636 g/mol. The predicted octanol–water partition coefficient (Wildman–Crippen LogP) is 5.94. The molecule has 2 N–H and O–H groups in total. The van der Waals surface area contributed by atoms with Crippen LogP contribution in [0.5, 0.6) is 0 Å². The molecule has 0 bridgehead atoms. The van der Waals surface area contributed by atoms with Crippen molar-refractivity contribution >= 4 is 50.1 Å². The van der Waals surface area contributed by atoms with Crippen molar-refractivity contribution in [2.45, 2.75) is 45.1 Å². The topological polar surface area (TPSA) is 123 Å². The van der Waals surface area contributed by atoms with E-state index in [4.69, 9.17) is 24.7 Å². The first-order valence-electron chi connectivity index (χ1n) is 16.3. The van der Waals surface area contributed by atoms with Gasteiger partial charge in [0.1, 0.15) is 35.9 Å². The molecular formula is C37H33N9O2. The Bertz CT molecular complexity index is 2370. The summed E-state index contributed by atoms with van der Waals surface area (Å²) in [6.07, 6.45) is 1.65. The van der Waals surface area contributed by atoms with Crippen LogP contribution in [0, 0.1) is 0 Å². The second-order valence-corrected chi connectivity index (χ2v) is 12.3. The van der Waals surface area contributed by atoms with Gasteiger partial charge in [-0.3, -0.25) is 9.69 Å². The maximum absolute atomic E-state index is 13.7. The summed E-state index contributed by atoms with van der Waals surface area (Å²) < 4.78 is 10.3. The molecule has 1 atom stereocenters. The number of nitrogens with one attached hydrogen (secondary N) is 2. The fraction of sp³-hybridized carbons (Fsp3) is 0.216. The van der Waals surface area contributed by atoms with Gasteiger partial charge in [0, 0.05) is 0 Å². The molecule has 4 aromatic heterocycles. The molecule has 0 aliphatic carbocycles. The number of likely N-dealkylation sites (tertiary alicyclic amines) is 1. The fourth-order valence-corrected chi connectivity index (χ4v) is 6.99. The minimum atomic E-state index is -0.363. The van der Waals surface area contributed by atoms with E-state index in [-0.39, 0.29) is 18.6 Å². The highest BCUT2D eigenvalue weighted by Gasteiger charge is 2.33. The third-order valence-electron chi connectivity index (χ3n) is 9.28. The van der Waals surface area contributed by atoms with Crippen LogP contribution in [-0.2, 0) is 35.8 Å². The number of H-pyrrole nitrogens is 2. The van der Waals surface area contributed by atoms with Crippen LogP contribution in [0.2, 0.25) is 0 Å². The molecule has 1 unspecified atom stereocenters. The number of carbonyl (C=O) groups is 1. The van der Waals surface area contributed by atoms with Gasteiger partial charge in [-0.1, -0.05) is 48.5 Å². The third kappa shape index (κ3) is 5.18. The van der Waals surface area contributed by atoms with Crippen molar-refractivity contribution in [2.75, 3.05) is 6.54 Å². The predicted molar refractivity (Wildman–Crippen MR) is 183 cm³/mol. The summed E-state index contributed by atoms with van der Waals surface area (Å²) in [4.78, 5) is 42.2. The van der Waals surface area contributed by atoms with Crippen LogP contribution in [0.4, 0.5) is 0 Å². The number of rotatable bonds is 9. The molecule has 0 amide bonds. The lowest BCUT2D eigenvalue weighted by Gasteiger charge is -2.23. The Balaban J connectivity index is 0.948. The zero-order chi connectivity index (χ0) is 32.0. The molecule has 9 rings (SSSR count). The van der Waals surface area contributed by atoms with E-state index in [0.717, 1.165) is 81.0 Å². The number of hydrogen-bond donors (Lipinski definition) is 2. The first kappa shape index (κ1) is 28.4. The van der Waals surface area contributed by atoms with Gasteiger partial charge in [0.25, 0.3) is 0 Å². The molecule has 0 saturated carbocycles. The van der Waals surface area contributed by atoms with Gasteiger partial charge >= 0.3 is 5.97 Å². The Morgan fingerprint density at radius 2 is 1.17 bits per heavy atom. The summed E-state index contributed by atoms with van der Waals surface area (Å²) in [5.41, 5.74) is 7.62. The maximum Gasteiger partial charge on any atom is 0.323 e. The third-order valence-corrected chi connectivity index (χ3v) is 9.28. The average Bonchev–Trinajstić information content (AvgIpc) is 3.94. The molecule has 5 heterocycles. The molecule has 238 valence electrons. The summed E-state index contributed by atoms with van der Waals surface area (Å²) in [6, 6.07) is 31.8. The number of aromatic nitrogens is 8. The molecule has 0 spiro atoms. The summed E-state index contributed by atoms with van der Waals surface area (Å²) >= 11 is 0. The number of para-hydroxylation sites is 8. The number of esters is 1. The highest BCUT2D eigenvalue weighted by Crippen LogP contribution is 2.26. The van der Waals surface area contributed by atoms with E-state index in [2.05, 4.69) is 30.1 Å². The summed E-state index contributed by atoms with van der Waals surface area (Å²) in [5.74, 6) is 3.02. The van der Waals surface area contributed by atoms with E-state index in [9.17, 15) is 4.79 Å². The number of carbonyl (C=O) groups excluding carboxylic acids is 1. The molecule has 8 aromatic rings. The van der Waals surface area contributed by atoms with E-state index < -0.39 is 0 Å². The molecule has 1 saturated heterocycles. The molecule has 1 aliphatic rings. The minimum absolute atomic E-state index is 0.0721. The van der Waals surface area contributed by atoms with Gasteiger partial charge < -0.3 is 23.8 Å². The number of benzene rings is 4. The lowest BCUT2D eigenvalue weighted by Crippen LogP contribution is -2.37. The second-order valence-electron chi connectivity index (χ2n) is 12.3. The highest BCUT2D eigenvalue weighted by atomic mass is 16.5. The van der Waals surface area contributed by atoms with Gasteiger partial charge in [-0.2, -0.15) is 0 Å². The number of aromatic amines is 2. The minimum Gasteiger partial charge on any atom is -0.456 e. The first-order chi connectivity index (χ1) is 23.7. The van der Waals surface area contributed by atoms with E-state index in [1.807, 2.05) is 91.0 Å². The number of hydrogen-bond acceptors (Lipinski definition) is 7. The highest BCUT2D eigenvalue weighted by molar-refractivity contribution is 5.79. The Kier molecular flexibility index (Phi) is 6.97. The monoisotopic (exact) mass is 635 g/mol. The van der Waals surface area contributed by atoms with Crippen LogP contribution < -0.4 is 0 Å². The van der Waals surface area contributed by atoms with Crippen molar-refractivity contribution in [3.63, 3.8) is 0 Å². The molecule has 4 aromatic carbocycles. The van der Waals surface area contributed by atoms with Crippen LogP contribution in [0.15, 0.2) is 97.1 Å². The summed E-state index contributed by atoms with van der Waals surface area (Å²) in [6.45, 7) is 2.42. The number of ether oxygens (including phenoxy) is 1. The summed E-state index contributed by atoms with van der Waals surface area (Å²) in [5, 5.41) is 0. The molecule has 1 fully saturated rings. The summed E-state index contributed by atoms with van der Waals surface area (Å²) in [7, 11) is 0. The van der Waals surface area contributed by atoms with Crippen molar-refractivity contribution < 1.29 is 9.53 Å². The molecule has 0 radical (unpaired) electrons. The largest absolute Gasteiger partial charge is 0.456 e. The first-order valence-corrected chi connectivity index (χ1v) is 16.3. The van der Waals surface area contributed by atoms with E-state index in [1.165, 1.54) is 0 Å². The van der Waals surface area contributed by atoms with Gasteiger partial charge in [-0.05, 0) is 67.9 Å². The van der Waals surface area contributed by atoms with Gasteiger partial charge in [0.05, 0.1) is 63.8 Å². The van der Waals surface area contributed by atoms with Crippen LogP contribution in [0.3, 0.4) is 0 Å². The smallest absolute Gasteiger partial charge is 0.323 e. The molecule has 1 aliphatic heterocycles. The van der Waals surface area contributed by atoms with E-state index in [0.29, 0.717) is 25.5 Å². The lowest BCUT2D eigenvalue weighted by molar-refractivity contribution is -0.150. The molecular weight excluding hydrogens is 602 g/mol. The van der Waals surface area contributed by atoms with Gasteiger partial charge in [0.2, 0.25) is 0 Å². The Morgan fingerprint density at radius 1 is 0.646 bits per heavy atom. The van der Waals surface area contributed by atoms with Crippen LogP contribution in [0.1, 0.15) is 36.1 Å². The molecule has 11 nitrogen and oxygen atoms in total. The Labute approximate surface area is 275 Å². The van der Waals surface area contributed by atoms with E-state index >= 15 is 0 Å². The van der Waals surface area contributed by atoms with Crippen LogP contribution in [-0.4, -0.2) is 62.5 Å². The zero-order valence-electron chi connectivity index (χ0n) is 26.2. The number of nitrogens with zero attached hydrogens (tertiary/aromatic N) is 7. The number of fused-ring (bicyclic) bond motifs is 4. The quantitative estimate of drug-likeness (QED) is 0.188. The van der Waals surface area contributed by atoms with Gasteiger partial charge in [0.15, 0.2) is 0 Å². The van der Waals surface area contributed by atoms with Crippen LogP contribution in [0.25, 0.3) is 44.1 Å². The maximum atomic E-state index is 13.7. The van der Waals surface area contributed by atoms with Crippen molar-refractivity contribution in [3.8, 4) is 0 Å². The van der Waals surface area contributed by atoms with Gasteiger partial charge in [-0.15, -0.1) is 0 Å². The van der Waals surface area contributed by atoms with Crippen molar-refractivity contribution in [1.29, 1.82) is 0 Å². The Hall–Kier alpha value is -5.81. The zero-order valence-corrected chi connectivity index (χ0v) is 26.2. The Morgan fingerprint density at radius 3 is 1.77 bits per heavy atom. The normalized spacial score (nSPS) is 15.4. The van der Waals surface area contributed by atoms with Crippen molar-refractivity contribution in [2.24, 2.45) is 0 Å². The second kappa shape index (κ2) is 11.8. The molecule has 48 heavy (non-hydrogen) atoms. The van der Waals surface area contributed by atoms with Gasteiger partial charge in [-0.25, -0.2) is 19.9 Å².